The van der Waals surface area contributed by atoms with Crippen LogP contribution >= 0.6 is 0 Å². The number of carbonyl (C=O) groups excluding carboxylic acids is 2. The van der Waals surface area contributed by atoms with Crippen LogP contribution in [-0.2, 0) is 9.59 Å². The summed E-state index contributed by atoms with van der Waals surface area (Å²) in [5.74, 6) is 0.846. The molecule has 2 amide bonds. The lowest BCUT2D eigenvalue weighted by molar-refractivity contribution is -0.124. The van der Waals surface area contributed by atoms with Gasteiger partial charge in [0.1, 0.15) is 11.5 Å². The van der Waals surface area contributed by atoms with Gasteiger partial charge in [-0.25, -0.2) is 5.43 Å². The molecular formula is C21H25N3O4. The van der Waals surface area contributed by atoms with Crippen molar-refractivity contribution in [2.45, 2.75) is 26.7 Å². The van der Waals surface area contributed by atoms with E-state index in [0.29, 0.717) is 24.7 Å². The van der Waals surface area contributed by atoms with Crippen LogP contribution in [0.15, 0.2) is 53.6 Å². The van der Waals surface area contributed by atoms with Crippen molar-refractivity contribution in [1.82, 2.24) is 5.43 Å². The fourth-order valence-electron chi connectivity index (χ4n) is 2.36. The third kappa shape index (κ3) is 7.11. The molecule has 148 valence electrons. The maximum Gasteiger partial charge on any atom is 0.240 e. The van der Waals surface area contributed by atoms with Crippen molar-refractivity contribution in [3.05, 3.63) is 54.1 Å². The largest absolute Gasteiger partial charge is 0.494 e. The lowest BCUT2D eigenvalue weighted by atomic mass is 10.2. The van der Waals surface area contributed by atoms with Gasteiger partial charge in [-0.2, -0.15) is 5.10 Å². The van der Waals surface area contributed by atoms with Gasteiger partial charge in [-0.05, 0) is 50.2 Å². The van der Waals surface area contributed by atoms with Gasteiger partial charge in [-0.15, -0.1) is 0 Å². The number of benzene rings is 2. The molecule has 0 heterocycles. The van der Waals surface area contributed by atoms with Crippen molar-refractivity contribution in [2.75, 3.05) is 18.5 Å². The number of ether oxygens (including phenoxy) is 2. The van der Waals surface area contributed by atoms with Crippen molar-refractivity contribution in [1.29, 1.82) is 0 Å². The first-order chi connectivity index (χ1) is 13.6. The van der Waals surface area contributed by atoms with Crippen molar-refractivity contribution in [3.63, 3.8) is 0 Å². The summed E-state index contributed by atoms with van der Waals surface area (Å²) in [5.41, 5.74) is 3.83. The predicted molar refractivity (Wildman–Crippen MR) is 109 cm³/mol. The first-order valence-corrected chi connectivity index (χ1v) is 9.18. The number of hydrazone groups is 1. The van der Waals surface area contributed by atoms with Crippen LogP contribution in [-0.4, -0.2) is 31.2 Å². The van der Waals surface area contributed by atoms with E-state index in [1.807, 2.05) is 38.1 Å². The summed E-state index contributed by atoms with van der Waals surface area (Å²) in [6.45, 7) is 4.93. The standard InChI is InChI=1S/C21H25N3O4/c1-3-27-18-11-9-17(10-12-18)23-20(25)13-14-21(26)24-22-15-16-7-5-6-8-19(16)28-4-2/h5-12,15H,3-4,13-14H2,1-2H3,(H,23,25)(H,24,26). The third-order valence-corrected chi connectivity index (χ3v) is 3.64. The lowest BCUT2D eigenvalue weighted by Gasteiger charge is -2.07. The number of nitrogens with one attached hydrogen (secondary N) is 2. The highest BCUT2D eigenvalue weighted by Gasteiger charge is 2.07. The van der Waals surface area contributed by atoms with E-state index < -0.39 is 0 Å². The first kappa shape index (κ1) is 21.0. The Morgan fingerprint density at radius 3 is 2.32 bits per heavy atom. The van der Waals surface area contributed by atoms with Gasteiger partial charge < -0.3 is 14.8 Å². The highest BCUT2D eigenvalue weighted by atomic mass is 16.5. The number of anilines is 1. The Morgan fingerprint density at radius 1 is 0.929 bits per heavy atom. The molecule has 0 atom stereocenters. The minimum atomic E-state index is -0.341. The molecule has 0 aromatic heterocycles. The van der Waals surface area contributed by atoms with Crippen molar-refractivity contribution in [3.8, 4) is 11.5 Å². The minimum absolute atomic E-state index is 0.0350. The molecule has 7 heteroatoms. The maximum atomic E-state index is 12.0. The lowest BCUT2D eigenvalue weighted by Crippen LogP contribution is -2.20. The summed E-state index contributed by atoms with van der Waals surface area (Å²) in [6.07, 6.45) is 1.61. The van der Waals surface area contributed by atoms with Gasteiger partial charge in [0, 0.05) is 24.1 Å². The molecule has 2 rings (SSSR count). The van der Waals surface area contributed by atoms with E-state index in [-0.39, 0.29) is 24.7 Å². The van der Waals surface area contributed by atoms with Crippen LogP contribution in [0.4, 0.5) is 5.69 Å². The summed E-state index contributed by atoms with van der Waals surface area (Å²) in [7, 11) is 0. The number of rotatable bonds is 10. The summed E-state index contributed by atoms with van der Waals surface area (Å²) in [5, 5.41) is 6.66. The Bertz CT molecular complexity index is 804. The van der Waals surface area contributed by atoms with Crippen LogP contribution in [0.25, 0.3) is 0 Å². The average Bonchev–Trinajstić information content (AvgIpc) is 2.70. The molecule has 0 spiro atoms. The topological polar surface area (TPSA) is 89.0 Å². The Balaban J connectivity index is 1.75. The second-order valence-electron chi connectivity index (χ2n) is 5.77. The SMILES string of the molecule is CCOc1ccc(NC(=O)CCC(=O)NN=Cc2ccccc2OCC)cc1. The number of nitrogens with zero attached hydrogens (tertiary/aromatic N) is 1. The van der Waals surface area contributed by atoms with Gasteiger partial charge in [-0.1, -0.05) is 12.1 Å². The second kappa shape index (κ2) is 11.4. The highest BCUT2D eigenvalue weighted by Crippen LogP contribution is 2.16. The zero-order valence-electron chi connectivity index (χ0n) is 16.1. The predicted octanol–water partition coefficient (Wildman–Crippen LogP) is 3.35. The molecule has 2 aromatic rings. The van der Waals surface area contributed by atoms with Crippen LogP contribution in [0.5, 0.6) is 11.5 Å². The van der Waals surface area contributed by atoms with E-state index in [4.69, 9.17) is 9.47 Å². The molecule has 0 fully saturated rings. The minimum Gasteiger partial charge on any atom is -0.494 e. The molecule has 0 radical (unpaired) electrons. The Morgan fingerprint density at radius 2 is 1.61 bits per heavy atom. The van der Waals surface area contributed by atoms with E-state index >= 15 is 0 Å². The molecule has 28 heavy (non-hydrogen) atoms. The van der Waals surface area contributed by atoms with E-state index in [1.165, 1.54) is 6.21 Å². The van der Waals surface area contributed by atoms with Crippen molar-refractivity contribution >= 4 is 23.7 Å². The molecule has 0 saturated heterocycles. The highest BCUT2D eigenvalue weighted by molar-refractivity contribution is 5.93. The van der Waals surface area contributed by atoms with Gasteiger partial charge in [0.15, 0.2) is 0 Å². The van der Waals surface area contributed by atoms with Crippen LogP contribution in [0.2, 0.25) is 0 Å². The zero-order valence-corrected chi connectivity index (χ0v) is 16.1. The van der Waals surface area contributed by atoms with E-state index in [1.54, 1.807) is 24.3 Å². The summed E-state index contributed by atoms with van der Waals surface area (Å²) in [6, 6.07) is 14.5. The Hall–Kier alpha value is -3.35. The summed E-state index contributed by atoms with van der Waals surface area (Å²) < 4.78 is 10.8. The van der Waals surface area contributed by atoms with Crippen molar-refractivity contribution < 1.29 is 19.1 Å². The molecule has 2 aromatic carbocycles. The number of carbonyl (C=O) groups is 2. The molecule has 0 aliphatic heterocycles. The van der Waals surface area contributed by atoms with Crippen LogP contribution in [0.3, 0.4) is 0 Å². The number of hydrogen-bond acceptors (Lipinski definition) is 5. The smallest absolute Gasteiger partial charge is 0.240 e. The van der Waals surface area contributed by atoms with Crippen molar-refractivity contribution in [2.24, 2.45) is 5.10 Å². The van der Waals surface area contributed by atoms with Gasteiger partial charge in [0.05, 0.1) is 19.4 Å². The Labute approximate surface area is 164 Å². The second-order valence-corrected chi connectivity index (χ2v) is 5.77. The van der Waals surface area contributed by atoms with E-state index in [2.05, 4.69) is 15.8 Å². The molecule has 0 unspecified atom stereocenters. The Kier molecular flexibility index (Phi) is 8.52. The van der Waals surface area contributed by atoms with E-state index in [0.717, 1.165) is 11.3 Å². The molecular weight excluding hydrogens is 358 g/mol. The molecule has 0 saturated carbocycles. The zero-order chi connectivity index (χ0) is 20.2. The van der Waals surface area contributed by atoms with Crippen LogP contribution in [0.1, 0.15) is 32.3 Å². The molecule has 0 aliphatic carbocycles. The molecule has 0 aliphatic rings. The van der Waals surface area contributed by atoms with Crippen LogP contribution in [0, 0.1) is 0 Å². The average molecular weight is 383 g/mol. The third-order valence-electron chi connectivity index (χ3n) is 3.64. The quantitative estimate of drug-likeness (QED) is 0.486. The van der Waals surface area contributed by atoms with Gasteiger partial charge >= 0.3 is 0 Å². The van der Waals surface area contributed by atoms with Gasteiger partial charge in [0.2, 0.25) is 11.8 Å². The first-order valence-electron chi connectivity index (χ1n) is 9.18. The number of hydrogen-bond donors (Lipinski definition) is 2. The molecule has 0 bridgehead atoms. The normalized spacial score (nSPS) is 10.5. The van der Waals surface area contributed by atoms with Gasteiger partial charge in [-0.3, -0.25) is 9.59 Å². The fourth-order valence-corrected chi connectivity index (χ4v) is 2.36. The van der Waals surface area contributed by atoms with E-state index in [9.17, 15) is 9.59 Å². The molecule has 2 N–H and O–H groups in total. The van der Waals surface area contributed by atoms with Crippen LogP contribution < -0.4 is 20.2 Å². The summed E-state index contributed by atoms with van der Waals surface area (Å²) >= 11 is 0. The summed E-state index contributed by atoms with van der Waals surface area (Å²) in [4.78, 5) is 23.8. The maximum absolute atomic E-state index is 12.0. The molecule has 7 nitrogen and oxygen atoms in total. The monoisotopic (exact) mass is 383 g/mol. The number of para-hydroxylation sites is 1. The van der Waals surface area contributed by atoms with Gasteiger partial charge in [0.25, 0.3) is 0 Å². The fraction of sp³-hybridized carbons (Fsp3) is 0.286. The number of amides is 2.